The van der Waals surface area contributed by atoms with Gasteiger partial charge in [-0.25, -0.2) is 0 Å². The number of pyridine rings is 1. The van der Waals surface area contributed by atoms with E-state index < -0.39 is 0 Å². The molecule has 1 N–H and O–H groups in total. The number of rotatable bonds is 6. The smallest absolute Gasteiger partial charge is 0.250 e. The molecule has 3 aromatic rings. The zero-order chi connectivity index (χ0) is 20.3. The zero-order valence-electron chi connectivity index (χ0n) is 15.9. The summed E-state index contributed by atoms with van der Waals surface area (Å²) in [5, 5.41) is 9.96. The highest BCUT2D eigenvalue weighted by Crippen LogP contribution is 2.33. The van der Waals surface area contributed by atoms with Gasteiger partial charge in [-0.1, -0.05) is 41.9 Å². The second kappa shape index (κ2) is 8.55. The molecule has 1 heterocycles. The molecule has 1 unspecified atom stereocenters. The highest BCUT2D eigenvalue weighted by molar-refractivity contribution is 6.30. The fourth-order valence-corrected chi connectivity index (χ4v) is 3.58. The van der Waals surface area contributed by atoms with Crippen LogP contribution in [-0.4, -0.2) is 15.5 Å². The summed E-state index contributed by atoms with van der Waals surface area (Å²) in [4.78, 5) is 24.6. The number of aromatic nitrogens is 1. The third-order valence-electron chi connectivity index (χ3n) is 4.97. The second-order valence-electron chi connectivity index (χ2n) is 6.95. The molecule has 4 nitrogen and oxygen atoms in total. The lowest BCUT2D eigenvalue weighted by atomic mass is 9.83. The average molecular weight is 396 g/mol. The van der Waals surface area contributed by atoms with Crippen molar-refractivity contribution in [3.63, 3.8) is 0 Å². The predicted molar refractivity (Wildman–Crippen MR) is 111 cm³/mol. The summed E-state index contributed by atoms with van der Waals surface area (Å²) in [5.74, 6) is -0.198. The quantitative estimate of drug-likeness (QED) is 0.635. The molecular formula is C23H22ClNO3. The van der Waals surface area contributed by atoms with Crippen LogP contribution in [0.2, 0.25) is 5.02 Å². The number of nitrogens with zero attached hydrogens (tertiary/aromatic N) is 1. The normalized spacial score (nSPS) is 12.0. The van der Waals surface area contributed by atoms with E-state index in [-0.39, 0.29) is 30.3 Å². The van der Waals surface area contributed by atoms with Gasteiger partial charge >= 0.3 is 0 Å². The van der Waals surface area contributed by atoms with Crippen molar-refractivity contribution in [2.45, 2.75) is 25.9 Å². The minimum atomic E-state index is -0.158. The minimum absolute atomic E-state index is 0.0259. The molecule has 2 aromatic carbocycles. The first kappa shape index (κ1) is 20.1. The van der Waals surface area contributed by atoms with Gasteiger partial charge in [0.15, 0.2) is 5.78 Å². The fourth-order valence-electron chi connectivity index (χ4n) is 3.35. The van der Waals surface area contributed by atoms with Crippen LogP contribution in [0.5, 0.6) is 0 Å². The van der Waals surface area contributed by atoms with Crippen molar-refractivity contribution < 1.29 is 9.90 Å². The number of aliphatic hydroxyl groups is 1. The van der Waals surface area contributed by atoms with Gasteiger partial charge in [0.25, 0.3) is 0 Å². The van der Waals surface area contributed by atoms with E-state index in [2.05, 4.69) is 0 Å². The molecule has 0 aliphatic rings. The lowest BCUT2D eigenvalue weighted by molar-refractivity contribution is 0.0977. The number of carbonyl (C=O) groups excluding carboxylic acids is 1. The van der Waals surface area contributed by atoms with Crippen LogP contribution in [0.25, 0.3) is 0 Å². The molecule has 1 aromatic heterocycles. The van der Waals surface area contributed by atoms with E-state index in [4.69, 9.17) is 11.6 Å². The first-order valence-corrected chi connectivity index (χ1v) is 9.42. The number of ketones is 1. The molecule has 5 heteroatoms. The Balaban J connectivity index is 2.00. The lowest BCUT2D eigenvalue weighted by Crippen LogP contribution is -2.17. The third-order valence-corrected chi connectivity index (χ3v) is 5.20. The number of hydrogen-bond donors (Lipinski definition) is 1. The summed E-state index contributed by atoms with van der Waals surface area (Å²) >= 11 is 6.11. The number of hydrogen-bond acceptors (Lipinski definition) is 3. The van der Waals surface area contributed by atoms with Crippen LogP contribution in [0.4, 0.5) is 0 Å². The summed E-state index contributed by atoms with van der Waals surface area (Å²) in [7, 11) is 1.63. The molecule has 144 valence electrons. The molecule has 0 aliphatic heterocycles. The Bertz CT molecular complexity index is 1050. The maximum absolute atomic E-state index is 13.0. The monoisotopic (exact) mass is 395 g/mol. The molecule has 0 amide bonds. The molecule has 0 saturated heterocycles. The van der Waals surface area contributed by atoms with Gasteiger partial charge in [-0.05, 0) is 47.4 Å². The maximum Gasteiger partial charge on any atom is 0.250 e. The molecule has 0 saturated carbocycles. The van der Waals surface area contributed by atoms with Gasteiger partial charge in [-0.2, -0.15) is 0 Å². The number of aryl methyl sites for hydroxylation is 2. The third kappa shape index (κ3) is 4.41. The van der Waals surface area contributed by atoms with Crippen LogP contribution >= 0.6 is 11.6 Å². The summed E-state index contributed by atoms with van der Waals surface area (Å²) < 4.78 is 1.41. The standard InChI is InChI=1S/C23H22ClNO3/c1-15-11-19(24)8-9-20(15)21(17-5-3-16(14-26)4-6-17)12-22(27)18-7-10-23(28)25(2)13-18/h3-11,13,21,26H,12,14H2,1-2H3. The Morgan fingerprint density at radius 2 is 1.82 bits per heavy atom. The first-order valence-electron chi connectivity index (χ1n) is 9.04. The Kier molecular flexibility index (Phi) is 6.12. The van der Waals surface area contributed by atoms with Crippen molar-refractivity contribution in [3.8, 4) is 0 Å². The van der Waals surface area contributed by atoms with Crippen LogP contribution in [0, 0.1) is 6.92 Å². The average Bonchev–Trinajstić information content (AvgIpc) is 2.68. The van der Waals surface area contributed by atoms with E-state index in [1.54, 1.807) is 19.3 Å². The Labute approximate surface area is 169 Å². The van der Waals surface area contributed by atoms with E-state index in [0.29, 0.717) is 10.6 Å². The number of aliphatic hydroxyl groups excluding tert-OH is 1. The van der Waals surface area contributed by atoms with E-state index in [0.717, 1.165) is 22.3 Å². The summed E-state index contributed by atoms with van der Waals surface area (Å²) in [6.07, 6.45) is 1.84. The molecule has 3 rings (SSSR count). The highest BCUT2D eigenvalue weighted by atomic mass is 35.5. The minimum Gasteiger partial charge on any atom is -0.392 e. The Hall–Kier alpha value is -2.69. The topological polar surface area (TPSA) is 59.3 Å². The fraction of sp³-hybridized carbons (Fsp3) is 0.217. The largest absolute Gasteiger partial charge is 0.392 e. The molecule has 0 fully saturated rings. The van der Waals surface area contributed by atoms with E-state index >= 15 is 0 Å². The van der Waals surface area contributed by atoms with Crippen molar-refractivity contribution in [2.24, 2.45) is 7.05 Å². The molecule has 0 radical (unpaired) electrons. The SMILES string of the molecule is Cc1cc(Cl)ccc1C(CC(=O)c1ccc(=O)n(C)c1)c1ccc(CO)cc1. The van der Waals surface area contributed by atoms with Crippen molar-refractivity contribution >= 4 is 17.4 Å². The second-order valence-corrected chi connectivity index (χ2v) is 7.38. The molecular weight excluding hydrogens is 374 g/mol. The maximum atomic E-state index is 13.0. The van der Waals surface area contributed by atoms with Gasteiger partial charge in [0, 0.05) is 42.2 Å². The van der Waals surface area contributed by atoms with Gasteiger partial charge in [0.1, 0.15) is 0 Å². The lowest BCUT2D eigenvalue weighted by Gasteiger charge is -2.20. The van der Waals surface area contributed by atoms with Crippen LogP contribution in [-0.2, 0) is 13.7 Å². The zero-order valence-corrected chi connectivity index (χ0v) is 16.6. The van der Waals surface area contributed by atoms with Crippen molar-refractivity contribution in [3.05, 3.63) is 104 Å². The Morgan fingerprint density at radius 1 is 1.11 bits per heavy atom. The van der Waals surface area contributed by atoms with Gasteiger partial charge in [0.2, 0.25) is 5.56 Å². The predicted octanol–water partition coefficient (Wildman–Crippen LogP) is 4.24. The molecule has 0 bridgehead atoms. The van der Waals surface area contributed by atoms with E-state index in [1.165, 1.54) is 10.6 Å². The summed E-state index contributed by atoms with van der Waals surface area (Å²) in [5.41, 5.74) is 4.20. The number of halogens is 1. The number of Topliss-reactive ketones (excluding diaryl/α,β-unsaturated/α-hetero) is 1. The van der Waals surface area contributed by atoms with Crippen LogP contribution in [0.3, 0.4) is 0 Å². The number of benzene rings is 2. The molecule has 0 aliphatic carbocycles. The van der Waals surface area contributed by atoms with Gasteiger partial charge < -0.3 is 9.67 Å². The van der Waals surface area contributed by atoms with Crippen LogP contribution < -0.4 is 5.56 Å². The van der Waals surface area contributed by atoms with Crippen molar-refractivity contribution in [2.75, 3.05) is 0 Å². The van der Waals surface area contributed by atoms with E-state index in [9.17, 15) is 14.7 Å². The van der Waals surface area contributed by atoms with Gasteiger partial charge in [-0.3, -0.25) is 9.59 Å². The van der Waals surface area contributed by atoms with Gasteiger partial charge in [-0.15, -0.1) is 0 Å². The summed E-state index contributed by atoms with van der Waals surface area (Å²) in [6, 6.07) is 16.3. The van der Waals surface area contributed by atoms with Crippen molar-refractivity contribution in [1.29, 1.82) is 0 Å². The van der Waals surface area contributed by atoms with Gasteiger partial charge in [0.05, 0.1) is 6.61 Å². The summed E-state index contributed by atoms with van der Waals surface area (Å²) in [6.45, 7) is 1.95. The van der Waals surface area contributed by atoms with Crippen LogP contribution in [0.1, 0.15) is 45.0 Å². The number of carbonyl (C=O) groups is 1. The van der Waals surface area contributed by atoms with E-state index in [1.807, 2.05) is 49.4 Å². The molecule has 1 atom stereocenters. The molecule has 0 spiro atoms. The van der Waals surface area contributed by atoms with Crippen molar-refractivity contribution in [1.82, 2.24) is 4.57 Å². The highest BCUT2D eigenvalue weighted by Gasteiger charge is 2.21. The van der Waals surface area contributed by atoms with Crippen LogP contribution in [0.15, 0.2) is 65.6 Å². The molecule has 28 heavy (non-hydrogen) atoms. The Morgan fingerprint density at radius 3 is 2.43 bits per heavy atom. The first-order chi connectivity index (χ1) is 13.4.